The van der Waals surface area contributed by atoms with Gasteiger partial charge in [-0.25, -0.2) is 0 Å². The van der Waals surface area contributed by atoms with E-state index in [1.807, 2.05) is 28.2 Å². The van der Waals surface area contributed by atoms with Gasteiger partial charge in [-0.15, -0.1) is 0 Å². The first-order valence-corrected chi connectivity index (χ1v) is 7.23. The molecular weight excluding hydrogens is 264 g/mol. The summed E-state index contributed by atoms with van der Waals surface area (Å²) in [4.78, 5) is 4.20. The second kappa shape index (κ2) is 6.23. The van der Waals surface area contributed by atoms with E-state index in [1.165, 1.54) is 22.5 Å². The minimum atomic E-state index is 0.113. The summed E-state index contributed by atoms with van der Waals surface area (Å²) in [6.07, 6.45) is 0. The van der Waals surface area contributed by atoms with Crippen LogP contribution in [0, 0.1) is 0 Å². The van der Waals surface area contributed by atoms with Gasteiger partial charge < -0.3 is 9.80 Å². The van der Waals surface area contributed by atoms with Crippen molar-refractivity contribution in [3.63, 3.8) is 0 Å². The minimum absolute atomic E-state index is 0.113. The van der Waals surface area contributed by atoms with Crippen molar-refractivity contribution in [1.82, 2.24) is 0 Å². The van der Waals surface area contributed by atoms with Crippen LogP contribution in [0.4, 0.5) is 11.4 Å². The number of hydrogen-bond donors (Lipinski definition) is 1. The third-order valence-electron chi connectivity index (χ3n) is 3.45. The normalized spacial score (nSPS) is 10.7. The molecule has 0 radical (unpaired) electrons. The first-order chi connectivity index (χ1) is 9.49. The molecule has 0 aromatic heterocycles. The van der Waals surface area contributed by atoms with Crippen LogP contribution in [0.15, 0.2) is 48.5 Å². The van der Waals surface area contributed by atoms with E-state index in [9.17, 15) is 0 Å². The Morgan fingerprint density at radius 1 is 0.650 bits per heavy atom. The van der Waals surface area contributed by atoms with Gasteiger partial charge in [-0.3, -0.25) is 0 Å². The molecule has 0 spiro atoms. The van der Waals surface area contributed by atoms with Gasteiger partial charge in [0.2, 0.25) is 0 Å². The Morgan fingerprint density at radius 3 is 1.20 bits per heavy atom. The number of hydrogen-bond acceptors (Lipinski definition) is 3. The van der Waals surface area contributed by atoms with E-state index in [0.29, 0.717) is 0 Å². The molecule has 2 aromatic carbocycles. The van der Waals surface area contributed by atoms with Gasteiger partial charge in [-0.1, -0.05) is 24.3 Å². The second-order valence-electron chi connectivity index (χ2n) is 5.37. The van der Waals surface area contributed by atoms with E-state index in [4.69, 9.17) is 12.6 Å². The van der Waals surface area contributed by atoms with E-state index in [1.54, 1.807) is 0 Å². The molecule has 0 atom stereocenters. The summed E-state index contributed by atoms with van der Waals surface area (Å²) in [5.74, 6) is 0. The highest BCUT2D eigenvalue weighted by Crippen LogP contribution is 2.30. The molecule has 0 heterocycles. The molecule has 0 saturated carbocycles. The molecule has 3 heteroatoms. The maximum absolute atomic E-state index is 4.75. The Hall–Kier alpha value is -1.61. The lowest BCUT2D eigenvalue weighted by molar-refractivity contribution is 1.10. The van der Waals surface area contributed by atoms with Gasteiger partial charge >= 0.3 is 0 Å². The minimum Gasteiger partial charge on any atom is -0.378 e. The molecule has 0 aliphatic carbocycles. The van der Waals surface area contributed by atoms with Crippen LogP contribution in [0.5, 0.6) is 0 Å². The number of thiol groups is 1. The maximum atomic E-state index is 4.75. The number of rotatable bonds is 4. The van der Waals surface area contributed by atoms with E-state index in [2.05, 4.69) is 58.3 Å². The van der Waals surface area contributed by atoms with Gasteiger partial charge in [0.05, 0.1) is 5.25 Å². The zero-order valence-corrected chi connectivity index (χ0v) is 13.4. The average molecular weight is 286 g/mol. The molecule has 0 unspecified atom stereocenters. The molecule has 0 fully saturated rings. The predicted molar refractivity (Wildman–Crippen MR) is 92.4 cm³/mol. The molecule has 0 saturated heterocycles. The molecule has 2 aromatic rings. The Kier molecular flexibility index (Phi) is 4.61. The summed E-state index contributed by atoms with van der Waals surface area (Å²) in [5.41, 5.74) is 4.85. The lowest BCUT2D eigenvalue weighted by Gasteiger charge is -2.17. The smallest absolute Gasteiger partial charge is 0.0516 e. The fourth-order valence-corrected chi connectivity index (χ4v) is 2.45. The lowest BCUT2D eigenvalue weighted by atomic mass is 10.0. The van der Waals surface area contributed by atoms with Gasteiger partial charge in [0.1, 0.15) is 0 Å². The standard InChI is InChI=1S/C17H22N2S/c1-18(2)15-9-5-13(6-10-15)17(20)14-7-11-16(12-8-14)19(3)4/h5-12,17,20H,1-4H3. The molecule has 2 nitrogen and oxygen atoms in total. The predicted octanol–water partition coefficient (Wildman–Crippen LogP) is 3.84. The van der Waals surface area contributed by atoms with E-state index in [0.717, 1.165) is 0 Å². The zero-order valence-electron chi connectivity index (χ0n) is 12.5. The highest BCUT2D eigenvalue weighted by Gasteiger charge is 2.09. The Bertz CT molecular complexity index is 493. The van der Waals surface area contributed by atoms with Crippen molar-refractivity contribution < 1.29 is 0 Å². The van der Waals surface area contributed by atoms with E-state index >= 15 is 0 Å². The highest BCUT2D eigenvalue weighted by atomic mass is 32.1. The Labute approximate surface area is 127 Å². The lowest BCUT2D eigenvalue weighted by Crippen LogP contribution is -2.09. The molecule has 0 amide bonds. The van der Waals surface area contributed by atoms with Crippen molar-refractivity contribution in [2.45, 2.75) is 5.25 Å². The van der Waals surface area contributed by atoms with Crippen molar-refractivity contribution in [3.8, 4) is 0 Å². The van der Waals surface area contributed by atoms with Crippen LogP contribution in [-0.4, -0.2) is 28.2 Å². The van der Waals surface area contributed by atoms with Gasteiger partial charge in [-0.2, -0.15) is 12.6 Å². The van der Waals surface area contributed by atoms with Crippen LogP contribution in [0.1, 0.15) is 16.4 Å². The third-order valence-corrected chi connectivity index (χ3v) is 4.05. The van der Waals surface area contributed by atoms with Crippen LogP contribution in [0.2, 0.25) is 0 Å². The monoisotopic (exact) mass is 286 g/mol. The first kappa shape index (κ1) is 14.8. The number of anilines is 2. The molecule has 0 bridgehead atoms. The fraction of sp³-hybridized carbons (Fsp3) is 0.294. The van der Waals surface area contributed by atoms with Gasteiger partial charge in [0.25, 0.3) is 0 Å². The molecule has 20 heavy (non-hydrogen) atoms. The third kappa shape index (κ3) is 3.28. The summed E-state index contributed by atoms with van der Waals surface area (Å²) < 4.78 is 0. The molecule has 0 N–H and O–H groups in total. The van der Waals surface area contributed by atoms with Crippen molar-refractivity contribution in [2.24, 2.45) is 0 Å². The van der Waals surface area contributed by atoms with Crippen LogP contribution >= 0.6 is 12.6 Å². The van der Waals surface area contributed by atoms with Crippen molar-refractivity contribution in [1.29, 1.82) is 0 Å². The Morgan fingerprint density at radius 2 is 0.950 bits per heavy atom. The second-order valence-corrected chi connectivity index (χ2v) is 5.89. The van der Waals surface area contributed by atoms with Gasteiger partial charge in [-0.05, 0) is 35.4 Å². The van der Waals surface area contributed by atoms with E-state index in [-0.39, 0.29) is 5.25 Å². The van der Waals surface area contributed by atoms with Crippen LogP contribution in [-0.2, 0) is 0 Å². The van der Waals surface area contributed by atoms with Crippen LogP contribution in [0.3, 0.4) is 0 Å². The van der Waals surface area contributed by atoms with Crippen LogP contribution < -0.4 is 9.80 Å². The largest absolute Gasteiger partial charge is 0.378 e. The molecule has 106 valence electrons. The van der Waals surface area contributed by atoms with Gasteiger partial charge in [0.15, 0.2) is 0 Å². The van der Waals surface area contributed by atoms with Gasteiger partial charge in [0, 0.05) is 39.6 Å². The van der Waals surface area contributed by atoms with E-state index < -0.39 is 0 Å². The SMILES string of the molecule is CN(C)c1ccc(C(S)c2ccc(N(C)C)cc2)cc1. The van der Waals surface area contributed by atoms with Crippen LogP contribution in [0.25, 0.3) is 0 Å². The topological polar surface area (TPSA) is 6.48 Å². The quantitative estimate of drug-likeness (QED) is 0.853. The molecular formula is C17H22N2S. The highest BCUT2D eigenvalue weighted by molar-refractivity contribution is 7.80. The summed E-state index contributed by atoms with van der Waals surface area (Å²) in [6.45, 7) is 0. The Balaban J connectivity index is 2.19. The molecule has 0 aliphatic heterocycles. The van der Waals surface area contributed by atoms with Crippen molar-refractivity contribution >= 4 is 24.0 Å². The fourth-order valence-electron chi connectivity index (χ4n) is 2.10. The van der Waals surface area contributed by atoms with Crippen molar-refractivity contribution in [3.05, 3.63) is 59.7 Å². The zero-order chi connectivity index (χ0) is 14.7. The maximum Gasteiger partial charge on any atom is 0.0516 e. The number of nitrogens with zero attached hydrogens (tertiary/aromatic N) is 2. The first-order valence-electron chi connectivity index (χ1n) is 6.71. The summed E-state index contributed by atoms with van der Waals surface area (Å²) in [5, 5.41) is 0.113. The summed E-state index contributed by atoms with van der Waals surface area (Å²) in [6, 6.07) is 17.1. The summed E-state index contributed by atoms with van der Waals surface area (Å²) >= 11 is 4.75. The molecule has 0 aliphatic rings. The molecule has 2 rings (SSSR count). The number of benzene rings is 2. The van der Waals surface area contributed by atoms with Crippen molar-refractivity contribution in [2.75, 3.05) is 38.0 Å². The average Bonchev–Trinajstić information content (AvgIpc) is 2.46. The summed E-state index contributed by atoms with van der Waals surface area (Å²) in [7, 11) is 8.20.